The average Bonchev–Trinajstić information content (AvgIpc) is 2.58. The highest BCUT2D eigenvalue weighted by Crippen LogP contribution is 2.58. The van der Waals surface area contributed by atoms with Crippen LogP contribution in [0, 0.1) is 0 Å². The zero-order chi connectivity index (χ0) is 15.7. The van der Waals surface area contributed by atoms with Gasteiger partial charge in [-0.1, -0.05) is 84.4 Å². The summed E-state index contributed by atoms with van der Waals surface area (Å²) in [4.78, 5) is 0. The van der Waals surface area contributed by atoms with Crippen molar-refractivity contribution >= 4 is 11.6 Å². The summed E-state index contributed by atoms with van der Waals surface area (Å²) in [5.41, 5.74) is 4.29. The van der Waals surface area contributed by atoms with Gasteiger partial charge in [-0.2, -0.15) is 0 Å². The first-order valence-corrected chi connectivity index (χ1v) is 8.55. The molecule has 0 nitrogen and oxygen atoms in total. The molecule has 1 atom stereocenters. The van der Waals surface area contributed by atoms with Crippen LogP contribution in [-0.2, 0) is 5.41 Å². The average molecular weight is 319 g/mol. The third-order valence-electron chi connectivity index (χ3n) is 5.27. The summed E-state index contributed by atoms with van der Waals surface area (Å²) < 4.78 is 0. The first kappa shape index (κ1) is 14.5. The van der Waals surface area contributed by atoms with E-state index in [1.807, 2.05) is 12.1 Å². The van der Waals surface area contributed by atoms with E-state index in [0.717, 1.165) is 5.02 Å². The molecule has 0 saturated heterocycles. The normalized spacial score (nSPS) is 19.1. The van der Waals surface area contributed by atoms with Crippen molar-refractivity contribution in [2.24, 2.45) is 0 Å². The standard InChI is InChI=1S/C22H19Cl/c23-20-13-11-17(12-14-20)21-15-16-22(21,18-7-3-1-4-8-18)19-9-5-2-6-10-19/h1-14,21H,15-16H2/t21-/m1/s1. The molecule has 0 spiro atoms. The second-order valence-corrected chi connectivity index (χ2v) is 6.78. The SMILES string of the molecule is Clc1ccc([C@H]2CCC2(c2ccccc2)c2ccccc2)cc1. The maximum Gasteiger partial charge on any atom is 0.0406 e. The quantitative estimate of drug-likeness (QED) is 0.539. The first-order chi connectivity index (χ1) is 11.3. The Balaban J connectivity index is 1.86. The van der Waals surface area contributed by atoms with E-state index in [0.29, 0.717) is 5.92 Å². The third-order valence-corrected chi connectivity index (χ3v) is 5.52. The molecule has 3 aromatic rings. The van der Waals surface area contributed by atoms with Crippen LogP contribution < -0.4 is 0 Å². The Morgan fingerprint density at radius 3 is 1.65 bits per heavy atom. The molecule has 0 aliphatic heterocycles. The molecule has 0 radical (unpaired) electrons. The van der Waals surface area contributed by atoms with Crippen LogP contribution in [-0.4, -0.2) is 0 Å². The molecule has 0 N–H and O–H groups in total. The lowest BCUT2D eigenvalue weighted by Gasteiger charge is -2.51. The maximum absolute atomic E-state index is 6.08. The molecular weight excluding hydrogens is 300 g/mol. The number of benzene rings is 3. The van der Waals surface area contributed by atoms with Crippen molar-refractivity contribution in [1.82, 2.24) is 0 Å². The zero-order valence-electron chi connectivity index (χ0n) is 13.0. The molecule has 3 aromatic carbocycles. The predicted molar refractivity (Wildman–Crippen MR) is 97.1 cm³/mol. The van der Waals surface area contributed by atoms with Gasteiger partial charge in [-0.15, -0.1) is 0 Å². The van der Waals surface area contributed by atoms with Gasteiger partial charge in [0.15, 0.2) is 0 Å². The molecule has 1 saturated carbocycles. The van der Waals surface area contributed by atoms with Crippen molar-refractivity contribution < 1.29 is 0 Å². The van der Waals surface area contributed by atoms with Gasteiger partial charge in [-0.3, -0.25) is 0 Å². The molecule has 0 heterocycles. The van der Waals surface area contributed by atoms with Crippen molar-refractivity contribution in [1.29, 1.82) is 0 Å². The molecule has 1 aliphatic carbocycles. The Morgan fingerprint density at radius 2 is 1.22 bits per heavy atom. The lowest BCUT2D eigenvalue weighted by molar-refractivity contribution is 0.241. The van der Waals surface area contributed by atoms with E-state index in [-0.39, 0.29) is 5.41 Å². The monoisotopic (exact) mass is 318 g/mol. The van der Waals surface area contributed by atoms with E-state index in [2.05, 4.69) is 72.8 Å². The molecule has 1 heteroatoms. The maximum atomic E-state index is 6.08. The van der Waals surface area contributed by atoms with Crippen LogP contribution in [0.4, 0.5) is 0 Å². The van der Waals surface area contributed by atoms with E-state index in [1.165, 1.54) is 29.5 Å². The van der Waals surface area contributed by atoms with Gasteiger partial charge in [-0.25, -0.2) is 0 Å². The number of hydrogen-bond donors (Lipinski definition) is 0. The van der Waals surface area contributed by atoms with E-state index in [9.17, 15) is 0 Å². The summed E-state index contributed by atoms with van der Waals surface area (Å²) in [6, 6.07) is 30.3. The van der Waals surface area contributed by atoms with E-state index in [1.54, 1.807) is 0 Å². The minimum atomic E-state index is 0.0797. The number of halogens is 1. The molecule has 0 aromatic heterocycles. The van der Waals surface area contributed by atoms with Crippen molar-refractivity contribution in [2.75, 3.05) is 0 Å². The van der Waals surface area contributed by atoms with Crippen molar-refractivity contribution in [3.05, 3.63) is 107 Å². The molecule has 1 aliphatic rings. The van der Waals surface area contributed by atoms with E-state index in [4.69, 9.17) is 11.6 Å². The molecule has 0 unspecified atom stereocenters. The predicted octanol–water partition coefficient (Wildman–Crippen LogP) is 6.20. The Morgan fingerprint density at radius 1 is 0.696 bits per heavy atom. The Hall–Kier alpha value is -2.05. The summed E-state index contributed by atoms with van der Waals surface area (Å²) in [7, 11) is 0. The van der Waals surface area contributed by atoms with E-state index < -0.39 is 0 Å². The smallest absolute Gasteiger partial charge is 0.0406 e. The van der Waals surface area contributed by atoms with Crippen LogP contribution in [0.1, 0.15) is 35.4 Å². The summed E-state index contributed by atoms with van der Waals surface area (Å²) >= 11 is 6.08. The topological polar surface area (TPSA) is 0 Å². The van der Waals surface area contributed by atoms with Crippen LogP contribution in [0.25, 0.3) is 0 Å². The minimum Gasteiger partial charge on any atom is -0.0843 e. The fourth-order valence-electron chi connectivity index (χ4n) is 4.05. The summed E-state index contributed by atoms with van der Waals surface area (Å²) in [5.74, 6) is 0.504. The fourth-order valence-corrected chi connectivity index (χ4v) is 4.18. The highest BCUT2D eigenvalue weighted by Gasteiger charge is 2.49. The van der Waals surface area contributed by atoms with Crippen molar-refractivity contribution in [3.63, 3.8) is 0 Å². The zero-order valence-corrected chi connectivity index (χ0v) is 13.7. The largest absolute Gasteiger partial charge is 0.0843 e. The van der Waals surface area contributed by atoms with Crippen LogP contribution in [0.2, 0.25) is 5.02 Å². The van der Waals surface area contributed by atoms with Gasteiger partial charge in [0.2, 0.25) is 0 Å². The minimum absolute atomic E-state index is 0.0797. The van der Waals surface area contributed by atoms with Gasteiger partial charge < -0.3 is 0 Å². The highest BCUT2D eigenvalue weighted by molar-refractivity contribution is 6.30. The molecule has 23 heavy (non-hydrogen) atoms. The summed E-state index contributed by atoms with van der Waals surface area (Å²) in [6.45, 7) is 0. The highest BCUT2D eigenvalue weighted by atomic mass is 35.5. The van der Waals surface area contributed by atoms with Crippen LogP contribution in [0.5, 0.6) is 0 Å². The molecule has 4 rings (SSSR count). The first-order valence-electron chi connectivity index (χ1n) is 8.17. The van der Waals surface area contributed by atoms with Gasteiger partial charge >= 0.3 is 0 Å². The summed E-state index contributed by atoms with van der Waals surface area (Å²) in [5, 5.41) is 0.804. The van der Waals surface area contributed by atoms with Crippen LogP contribution in [0.3, 0.4) is 0 Å². The second-order valence-electron chi connectivity index (χ2n) is 6.35. The second kappa shape index (κ2) is 5.86. The molecule has 0 amide bonds. The van der Waals surface area contributed by atoms with Crippen LogP contribution in [0.15, 0.2) is 84.9 Å². The lowest BCUT2D eigenvalue weighted by atomic mass is 9.52. The van der Waals surface area contributed by atoms with Gasteiger partial charge in [0.1, 0.15) is 0 Å². The third kappa shape index (κ3) is 2.38. The summed E-state index contributed by atoms with van der Waals surface area (Å²) in [6.07, 6.45) is 2.40. The number of hydrogen-bond acceptors (Lipinski definition) is 0. The van der Waals surface area contributed by atoms with Gasteiger partial charge in [0.05, 0.1) is 0 Å². The molecule has 114 valence electrons. The van der Waals surface area contributed by atoms with Crippen molar-refractivity contribution in [3.8, 4) is 0 Å². The Labute approximate surface area is 142 Å². The molecular formula is C22H19Cl. The van der Waals surface area contributed by atoms with Gasteiger partial charge in [0.25, 0.3) is 0 Å². The van der Waals surface area contributed by atoms with Gasteiger partial charge in [-0.05, 0) is 47.6 Å². The Bertz CT molecular complexity index is 736. The molecule has 1 fully saturated rings. The van der Waals surface area contributed by atoms with Crippen molar-refractivity contribution in [2.45, 2.75) is 24.2 Å². The van der Waals surface area contributed by atoms with Gasteiger partial charge in [0, 0.05) is 10.4 Å². The molecule has 0 bridgehead atoms. The van der Waals surface area contributed by atoms with Crippen LogP contribution >= 0.6 is 11.6 Å². The number of rotatable bonds is 3. The Kier molecular flexibility index (Phi) is 3.71. The van der Waals surface area contributed by atoms with E-state index >= 15 is 0 Å². The lowest BCUT2D eigenvalue weighted by Crippen LogP contribution is -2.43. The fraction of sp³-hybridized carbons (Fsp3) is 0.182.